The SMILES string of the molecule is CN(C)CC1COC2(COCCN(Cc3ccoc3)C2)C1. The van der Waals surface area contributed by atoms with Gasteiger partial charge in [0.2, 0.25) is 0 Å². The summed E-state index contributed by atoms with van der Waals surface area (Å²) in [4.78, 5) is 4.67. The summed E-state index contributed by atoms with van der Waals surface area (Å²) >= 11 is 0. The Bertz CT molecular complexity index is 435. The van der Waals surface area contributed by atoms with Gasteiger partial charge < -0.3 is 18.8 Å². The van der Waals surface area contributed by atoms with E-state index in [0.29, 0.717) is 5.92 Å². The molecule has 2 aliphatic heterocycles. The molecule has 2 fully saturated rings. The smallest absolute Gasteiger partial charge is 0.104 e. The van der Waals surface area contributed by atoms with E-state index in [4.69, 9.17) is 13.9 Å². The maximum atomic E-state index is 6.21. The summed E-state index contributed by atoms with van der Waals surface area (Å²) in [6.45, 7) is 6.24. The van der Waals surface area contributed by atoms with E-state index in [1.165, 1.54) is 5.56 Å². The fourth-order valence-electron chi connectivity index (χ4n) is 3.54. The first-order valence-electron chi connectivity index (χ1n) is 7.75. The summed E-state index contributed by atoms with van der Waals surface area (Å²) in [7, 11) is 4.25. The molecule has 1 spiro atoms. The zero-order chi connectivity index (χ0) is 14.7. The average Bonchev–Trinajstić information content (AvgIpc) is 3.00. The maximum Gasteiger partial charge on any atom is 0.104 e. The molecule has 0 bridgehead atoms. The van der Waals surface area contributed by atoms with Crippen LogP contribution in [0.15, 0.2) is 23.0 Å². The molecule has 118 valence electrons. The highest BCUT2D eigenvalue weighted by atomic mass is 16.5. The van der Waals surface area contributed by atoms with Crippen LogP contribution in [-0.2, 0) is 16.0 Å². The minimum atomic E-state index is -0.124. The summed E-state index contributed by atoms with van der Waals surface area (Å²) in [5, 5.41) is 0. The summed E-state index contributed by atoms with van der Waals surface area (Å²) in [5.41, 5.74) is 1.09. The van der Waals surface area contributed by atoms with Crippen LogP contribution >= 0.6 is 0 Å². The molecular formula is C16H26N2O3. The molecule has 2 atom stereocenters. The van der Waals surface area contributed by atoms with Gasteiger partial charge >= 0.3 is 0 Å². The molecule has 0 saturated carbocycles. The second-order valence-corrected chi connectivity index (χ2v) is 6.72. The number of rotatable bonds is 4. The topological polar surface area (TPSA) is 38.1 Å². The highest BCUT2D eigenvalue weighted by Gasteiger charge is 2.43. The molecule has 0 amide bonds. The van der Waals surface area contributed by atoms with Crippen LogP contribution in [0.2, 0.25) is 0 Å². The zero-order valence-corrected chi connectivity index (χ0v) is 13.1. The van der Waals surface area contributed by atoms with E-state index in [2.05, 4.69) is 23.9 Å². The molecule has 2 unspecified atom stereocenters. The van der Waals surface area contributed by atoms with Crippen LogP contribution in [0.1, 0.15) is 12.0 Å². The standard InChI is InChI=1S/C16H26N2O3/c1-17(2)8-15-7-16(21-11-15)12-18(4-6-20-13-16)9-14-3-5-19-10-14/h3,5,10,15H,4,6-9,11-13H2,1-2H3. The number of ether oxygens (including phenoxy) is 2. The monoisotopic (exact) mass is 294 g/mol. The van der Waals surface area contributed by atoms with E-state index in [9.17, 15) is 0 Å². The molecule has 1 aromatic rings. The van der Waals surface area contributed by atoms with Gasteiger partial charge in [-0.1, -0.05) is 0 Å². The fraction of sp³-hybridized carbons (Fsp3) is 0.750. The lowest BCUT2D eigenvalue weighted by Crippen LogP contribution is -2.44. The Morgan fingerprint density at radius 3 is 3.10 bits per heavy atom. The Balaban J connectivity index is 1.62. The first-order chi connectivity index (χ1) is 10.2. The molecule has 21 heavy (non-hydrogen) atoms. The second-order valence-electron chi connectivity index (χ2n) is 6.72. The Labute approximate surface area is 126 Å². The highest BCUT2D eigenvalue weighted by Crippen LogP contribution is 2.33. The average molecular weight is 294 g/mol. The molecule has 5 nitrogen and oxygen atoms in total. The van der Waals surface area contributed by atoms with E-state index >= 15 is 0 Å². The van der Waals surface area contributed by atoms with Crippen LogP contribution in [0.4, 0.5) is 0 Å². The third-order valence-electron chi connectivity index (χ3n) is 4.32. The summed E-state index contributed by atoms with van der Waals surface area (Å²) in [5.74, 6) is 0.609. The van der Waals surface area contributed by atoms with Crippen molar-refractivity contribution < 1.29 is 13.9 Å². The molecular weight excluding hydrogens is 268 g/mol. The van der Waals surface area contributed by atoms with E-state index in [1.807, 2.05) is 12.3 Å². The van der Waals surface area contributed by atoms with Gasteiger partial charge in [-0.05, 0) is 32.5 Å². The van der Waals surface area contributed by atoms with Gasteiger partial charge in [0.1, 0.15) is 5.60 Å². The lowest BCUT2D eigenvalue weighted by Gasteiger charge is -2.31. The second kappa shape index (κ2) is 6.48. The van der Waals surface area contributed by atoms with Crippen molar-refractivity contribution in [2.75, 3.05) is 53.6 Å². The molecule has 0 aliphatic carbocycles. The Morgan fingerprint density at radius 1 is 1.43 bits per heavy atom. The molecule has 3 heterocycles. The Morgan fingerprint density at radius 2 is 2.33 bits per heavy atom. The predicted molar refractivity (Wildman–Crippen MR) is 80.1 cm³/mol. The van der Waals surface area contributed by atoms with Crippen molar-refractivity contribution in [1.82, 2.24) is 9.80 Å². The molecule has 1 aromatic heterocycles. The van der Waals surface area contributed by atoms with Gasteiger partial charge in [0.05, 0.1) is 32.3 Å². The molecule has 3 rings (SSSR count). The van der Waals surface area contributed by atoms with Gasteiger partial charge in [0.25, 0.3) is 0 Å². The molecule has 0 aromatic carbocycles. The minimum absolute atomic E-state index is 0.124. The third kappa shape index (κ3) is 3.86. The van der Waals surface area contributed by atoms with Crippen molar-refractivity contribution in [2.24, 2.45) is 5.92 Å². The number of hydrogen-bond donors (Lipinski definition) is 0. The van der Waals surface area contributed by atoms with Crippen LogP contribution < -0.4 is 0 Å². The zero-order valence-electron chi connectivity index (χ0n) is 13.1. The van der Waals surface area contributed by atoms with Crippen molar-refractivity contribution >= 4 is 0 Å². The summed E-state index contributed by atoms with van der Waals surface area (Å²) in [6.07, 6.45) is 4.65. The van der Waals surface area contributed by atoms with Gasteiger partial charge in [0, 0.05) is 31.7 Å². The van der Waals surface area contributed by atoms with E-state index in [1.54, 1.807) is 6.26 Å². The Hall–Kier alpha value is -0.880. The van der Waals surface area contributed by atoms with Gasteiger partial charge in [-0.25, -0.2) is 0 Å². The van der Waals surface area contributed by atoms with Crippen LogP contribution in [0, 0.1) is 5.92 Å². The van der Waals surface area contributed by atoms with E-state index in [-0.39, 0.29) is 5.60 Å². The molecule has 5 heteroatoms. The van der Waals surface area contributed by atoms with Crippen LogP contribution in [0.25, 0.3) is 0 Å². The van der Waals surface area contributed by atoms with E-state index in [0.717, 1.165) is 52.4 Å². The van der Waals surface area contributed by atoms with E-state index < -0.39 is 0 Å². The highest BCUT2D eigenvalue weighted by molar-refractivity contribution is 5.06. The summed E-state index contributed by atoms with van der Waals surface area (Å²) < 4.78 is 17.2. The van der Waals surface area contributed by atoms with Crippen LogP contribution in [0.5, 0.6) is 0 Å². The molecule has 0 radical (unpaired) electrons. The van der Waals surface area contributed by atoms with Crippen molar-refractivity contribution in [3.05, 3.63) is 24.2 Å². The normalized spacial score (nSPS) is 31.1. The molecule has 2 saturated heterocycles. The van der Waals surface area contributed by atoms with Gasteiger partial charge in [0.15, 0.2) is 0 Å². The first kappa shape index (κ1) is 15.0. The number of furan rings is 1. The predicted octanol–water partition coefficient (Wildman–Crippen LogP) is 1.45. The Kier molecular flexibility index (Phi) is 4.64. The molecule has 2 aliphatic rings. The number of hydrogen-bond acceptors (Lipinski definition) is 5. The van der Waals surface area contributed by atoms with Crippen LogP contribution in [-0.4, -0.2) is 69.0 Å². The first-order valence-corrected chi connectivity index (χ1v) is 7.75. The molecule has 0 N–H and O–H groups in total. The van der Waals surface area contributed by atoms with Crippen molar-refractivity contribution in [3.63, 3.8) is 0 Å². The largest absolute Gasteiger partial charge is 0.472 e. The lowest BCUT2D eigenvalue weighted by molar-refractivity contribution is -0.0563. The number of nitrogens with zero attached hydrogens (tertiary/aromatic N) is 2. The van der Waals surface area contributed by atoms with Crippen molar-refractivity contribution in [3.8, 4) is 0 Å². The van der Waals surface area contributed by atoms with Crippen molar-refractivity contribution in [2.45, 2.75) is 18.6 Å². The minimum Gasteiger partial charge on any atom is -0.472 e. The van der Waals surface area contributed by atoms with Gasteiger partial charge in [-0.2, -0.15) is 0 Å². The maximum absolute atomic E-state index is 6.21. The third-order valence-corrected chi connectivity index (χ3v) is 4.32. The lowest BCUT2D eigenvalue weighted by atomic mass is 9.94. The fourth-order valence-corrected chi connectivity index (χ4v) is 3.54. The quantitative estimate of drug-likeness (QED) is 0.840. The van der Waals surface area contributed by atoms with Gasteiger partial charge in [-0.15, -0.1) is 0 Å². The summed E-state index contributed by atoms with van der Waals surface area (Å²) in [6, 6.07) is 2.03. The van der Waals surface area contributed by atoms with Crippen LogP contribution in [0.3, 0.4) is 0 Å². The van der Waals surface area contributed by atoms with Crippen molar-refractivity contribution in [1.29, 1.82) is 0 Å². The van der Waals surface area contributed by atoms with Gasteiger partial charge in [-0.3, -0.25) is 4.90 Å².